The normalized spacial score (nSPS) is 10.5. The number of aryl methyl sites for hydroxylation is 1. The molecule has 2 aromatic carbocycles. The van der Waals surface area contributed by atoms with E-state index >= 15 is 0 Å². The van der Waals surface area contributed by atoms with Gasteiger partial charge in [0.2, 0.25) is 0 Å². The quantitative estimate of drug-likeness (QED) is 0.750. The maximum atomic E-state index is 12.9. The van der Waals surface area contributed by atoms with Crippen LogP contribution in [0.25, 0.3) is 0 Å². The van der Waals surface area contributed by atoms with E-state index in [-0.39, 0.29) is 18.5 Å². The molecule has 0 fully saturated rings. The highest BCUT2D eigenvalue weighted by Gasteiger charge is 2.09. The Labute approximate surface area is 145 Å². The number of carbonyl (C=O) groups excluding carboxylic acids is 1. The Bertz CT molecular complexity index is 859. The third-order valence-electron chi connectivity index (χ3n) is 3.69. The second kappa shape index (κ2) is 7.61. The fraction of sp³-hybridized carbons (Fsp3) is 0.158. The SMILES string of the molecule is Cc1ccccc1OCn1ccc(C(=O)NCc2ccc(F)cc2)n1. The van der Waals surface area contributed by atoms with Crippen LogP contribution in [0.15, 0.2) is 60.8 Å². The number of benzene rings is 2. The molecule has 1 N–H and O–H groups in total. The summed E-state index contributed by atoms with van der Waals surface area (Å²) in [5.74, 6) is 0.182. The zero-order chi connectivity index (χ0) is 17.6. The van der Waals surface area contributed by atoms with Crippen molar-refractivity contribution in [1.82, 2.24) is 15.1 Å². The average molecular weight is 339 g/mol. The summed E-state index contributed by atoms with van der Waals surface area (Å²) < 4.78 is 20.1. The van der Waals surface area contributed by atoms with Gasteiger partial charge in [0, 0.05) is 12.7 Å². The number of nitrogens with one attached hydrogen (secondary N) is 1. The molecule has 1 aromatic heterocycles. The van der Waals surface area contributed by atoms with Crippen molar-refractivity contribution in [2.75, 3.05) is 0 Å². The van der Waals surface area contributed by atoms with Gasteiger partial charge in [0.05, 0.1) is 0 Å². The van der Waals surface area contributed by atoms with Gasteiger partial charge in [0.15, 0.2) is 6.73 Å². The molecule has 1 heterocycles. The Hall–Kier alpha value is -3.15. The van der Waals surface area contributed by atoms with Gasteiger partial charge in [-0.2, -0.15) is 5.10 Å². The molecule has 0 aliphatic carbocycles. The second-order valence-electron chi connectivity index (χ2n) is 5.59. The van der Waals surface area contributed by atoms with E-state index in [0.29, 0.717) is 12.2 Å². The topological polar surface area (TPSA) is 56.1 Å². The van der Waals surface area contributed by atoms with Gasteiger partial charge in [-0.15, -0.1) is 0 Å². The van der Waals surface area contributed by atoms with Crippen LogP contribution in [-0.2, 0) is 13.3 Å². The van der Waals surface area contributed by atoms with E-state index in [9.17, 15) is 9.18 Å². The first-order valence-corrected chi connectivity index (χ1v) is 7.86. The Morgan fingerprint density at radius 2 is 1.92 bits per heavy atom. The van der Waals surface area contributed by atoms with E-state index in [4.69, 9.17) is 4.74 Å². The van der Waals surface area contributed by atoms with Gasteiger partial charge in [-0.3, -0.25) is 4.79 Å². The zero-order valence-electron chi connectivity index (χ0n) is 13.8. The number of carbonyl (C=O) groups is 1. The van der Waals surface area contributed by atoms with Crippen molar-refractivity contribution in [3.63, 3.8) is 0 Å². The lowest BCUT2D eigenvalue weighted by atomic mass is 10.2. The molecule has 5 nitrogen and oxygen atoms in total. The summed E-state index contributed by atoms with van der Waals surface area (Å²) in [6.45, 7) is 2.49. The number of para-hydroxylation sites is 1. The number of ether oxygens (including phenoxy) is 1. The first-order chi connectivity index (χ1) is 12.1. The van der Waals surface area contributed by atoms with Crippen molar-refractivity contribution in [2.45, 2.75) is 20.2 Å². The summed E-state index contributed by atoms with van der Waals surface area (Å²) in [7, 11) is 0. The molecule has 6 heteroatoms. The molecule has 0 bridgehead atoms. The zero-order valence-corrected chi connectivity index (χ0v) is 13.8. The smallest absolute Gasteiger partial charge is 0.272 e. The van der Waals surface area contributed by atoms with Crippen LogP contribution in [0.1, 0.15) is 21.6 Å². The van der Waals surface area contributed by atoms with Gasteiger partial charge < -0.3 is 10.1 Å². The number of hydrogen-bond acceptors (Lipinski definition) is 3. The van der Waals surface area contributed by atoms with E-state index < -0.39 is 0 Å². The first kappa shape index (κ1) is 16.7. The average Bonchev–Trinajstić information content (AvgIpc) is 3.09. The molecular formula is C19H18FN3O2. The van der Waals surface area contributed by atoms with Crippen molar-refractivity contribution in [3.05, 3.63) is 83.4 Å². The molecule has 3 aromatic rings. The minimum atomic E-state index is -0.303. The van der Waals surface area contributed by atoms with Crippen molar-refractivity contribution in [3.8, 4) is 5.75 Å². The molecule has 0 spiro atoms. The Morgan fingerprint density at radius 3 is 2.68 bits per heavy atom. The molecule has 0 atom stereocenters. The monoisotopic (exact) mass is 339 g/mol. The minimum Gasteiger partial charge on any atom is -0.471 e. The van der Waals surface area contributed by atoms with Crippen LogP contribution in [0.5, 0.6) is 5.75 Å². The number of hydrogen-bond donors (Lipinski definition) is 1. The van der Waals surface area contributed by atoms with Crippen LogP contribution in [-0.4, -0.2) is 15.7 Å². The van der Waals surface area contributed by atoms with Crippen molar-refractivity contribution >= 4 is 5.91 Å². The van der Waals surface area contributed by atoms with Crippen LogP contribution in [0, 0.1) is 12.7 Å². The predicted molar refractivity (Wildman–Crippen MR) is 91.6 cm³/mol. The maximum Gasteiger partial charge on any atom is 0.272 e. The van der Waals surface area contributed by atoms with Crippen molar-refractivity contribution < 1.29 is 13.9 Å². The summed E-state index contributed by atoms with van der Waals surface area (Å²) in [4.78, 5) is 12.1. The molecular weight excluding hydrogens is 321 g/mol. The first-order valence-electron chi connectivity index (χ1n) is 7.86. The summed E-state index contributed by atoms with van der Waals surface area (Å²) in [5, 5.41) is 6.95. The van der Waals surface area contributed by atoms with Gasteiger partial charge in [-0.25, -0.2) is 9.07 Å². The molecule has 0 unspecified atom stereocenters. The standard InChI is InChI=1S/C19H18FN3O2/c1-14-4-2-3-5-18(14)25-13-23-11-10-17(22-23)19(24)21-12-15-6-8-16(20)9-7-15/h2-11H,12-13H2,1H3,(H,21,24). The molecule has 0 saturated heterocycles. The van der Waals surface area contributed by atoms with Crippen LogP contribution in [0.3, 0.4) is 0 Å². The third-order valence-corrected chi connectivity index (χ3v) is 3.69. The van der Waals surface area contributed by atoms with E-state index in [1.54, 1.807) is 29.1 Å². The fourth-order valence-electron chi connectivity index (χ4n) is 2.28. The summed E-state index contributed by atoms with van der Waals surface area (Å²) in [6, 6.07) is 15.3. The third kappa shape index (κ3) is 4.44. The number of halogens is 1. The maximum absolute atomic E-state index is 12.9. The molecule has 128 valence electrons. The Kier molecular flexibility index (Phi) is 5.09. The highest BCUT2D eigenvalue weighted by atomic mass is 19.1. The van der Waals surface area contributed by atoms with E-state index in [1.165, 1.54) is 12.1 Å². The summed E-state index contributed by atoms with van der Waals surface area (Å²) in [5.41, 5.74) is 2.15. The van der Waals surface area contributed by atoms with Gasteiger partial charge >= 0.3 is 0 Å². The molecule has 3 rings (SSSR count). The van der Waals surface area contributed by atoms with Crippen LogP contribution >= 0.6 is 0 Å². The number of nitrogens with zero attached hydrogens (tertiary/aromatic N) is 2. The lowest BCUT2D eigenvalue weighted by Gasteiger charge is -2.08. The molecule has 25 heavy (non-hydrogen) atoms. The van der Waals surface area contributed by atoms with Gasteiger partial charge in [0.1, 0.15) is 17.3 Å². The fourth-order valence-corrected chi connectivity index (χ4v) is 2.28. The lowest BCUT2D eigenvalue weighted by Crippen LogP contribution is -2.23. The molecule has 0 aliphatic heterocycles. The van der Waals surface area contributed by atoms with Crippen molar-refractivity contribution in [1.29, 1.82) is 0 Å². The van der Waals surface area contributed by atoms with Gasteiger partial charge in [0.25, 0.3) is 5.91 Å². The Balaban J connectivity index is 1.54. The molecule has 0 aliphatic rings. The number of amides is 1. The predicted octanol–water partition coefficient (Wildman–Crippen LogP) is 3.30. The summed E-state index contributed by atoms with van der Waals surface area (Å²) in [6.07, 6.45) is 1.69. The lowest BCUT2D eigenvalue weighted by molar-refractivity contribution is 0.0944. The van der Waals surface area contributed by atoms with Crippen LogP contribution in [0.4, 0.5) is 4.39 Å². The highest BCUT2D eigenvalue weighted by Crippen LogP contribution is 2.16. The van der Waals surface area contributed by atoms with Crippen LogP contribution in [0.2, 0.25) is 0 Å². The van der Waals surface area contributed by atoms with Crippen LogP contribution < -0.4 is 10.1 Å². The van der Waals surface area contributed by atoms with Gasteiger partial charge in [-0.1, -0.05) is 30.3 Å². The second-order valence-corrected chi connectivity index (χ2v) is 5.59. The molecule has 0 saturated carbocycles. The Morgan fingerprint density at radius 1 is 1.16 bits per heavy atom. The molecule has 0 radical (unpaired) electrons. The number of aromatic nitrogens is 2. The van der Waals surface area contributed by atoms with Crippen molar-refractivity contribution in [2.24, 2.45) is 0 Å². The highest BCUT2D eigenvalue weighted by molar-refractivity contribution is 5.92. The van der Waals surface area contributed by atoms with E-state index in [2.05, 4.69) is 10.4 Å². The number of rotatable bonds is 6. The molecule has 1 amide bonds. The summed E-state index contributed by atoms with van der Waals surface area (Å²) >= 11 is 0. The van der Waals surface area contributed by atoms with Gasteiger partial charge in [-0.05, 0) is 42.3 Å². The van der Waals surface area contributed by atoms with E-state index in [1.807, 2.05) is 31.2 Å². The largest absolute Gasteiger partial charge is 0.471 e. The van der Waals surface area contributed by atoms with E-state index in [0.717, 1.165) is 16.9 Å². The minimum absolute atomic E-state index is 0.218.